The molecule has 0 radical (unpaired) electrons. The Morgan fingerprint density at radius 2 is 1.77 bits per heavy atom. The van der Waals surface area contributed by atoms with Gasteiger partial charge in [0.2, 0.25) is 0 Å². The van der Waals surface area contributed by atoms with Crippen molar-refractivity contribution in [3.8, 4) is 5.75 Å². The van der Waals surface area contributed by atoms with Crippen LogP contribution < -0.4 is 15.4 Å². The number of nitrogens with zero attached hydrogens (tertiary/aromatic N) is 1. The van der Waals surface area contributed by atoms with E-state index in [1.807, 2.05) is 24.3 Å². The van der Waals surface area contributed by atoms with Gasteiger partial charge in [0.1, 0.15) is 11.6 Å². The van der Waals surface area contributed by atoms with E-state index in [0.717, 1.165) is 11.4 Å². The highest BCUT2D eigenvalue weighted by molar-refractivity contribution is 6.35. The highest BCUT2D eigenvalue weighted by Crippen LogP contribution is 2.23. The summed E-state index contributed by atoms with van der Waals surface area (Å²) in [6, 6.07) is 15.7. The molecule has 5 nitrogen and oxygen atoms in total. The van der Waals surface area contributed by atoms with Crippen molar-refractivity contribution in [3.05, 3.63) is 76.4 Å². The SMILES string of the molecule is COc1cccc(Nc2ccc(C(=O)Nc3cc(Cl)cc(Cl)c3)cn2)c1. The third-order valence-corrected chi connectivity index (χ3v) is 3.92. The number of methoxy groups -OCH3 is 1. The molecule has 132 valence electrons. The summed E-state index contributed by atoms with van der Waals surface area (Å²) in [5, 5.41) is 6.79. The minimum absolute atomic E-state index is 0.302. The maximum atomic E-state index is 12.3. The fourth-order valence-corrected chi connectivity index (χ4v) is 2.81. The van der Waals surface area contributed by atoms with E-state index in [1.54, 1.807) is 37.4 Å². The van der Waals surface area contributed by atoms with E-state index in [0.29, 0.717) is 27.1 Å². The van der Waals surface area contributed by atoms with Gasteiger partial charge in [-0.15, -0.1) is 0 Å². The quantitative estimate of drug-likeness (QED) is 0.615. The second kappa shape index (κ2) is 8.08. The average molecular weight is 388 g/mol. The molecule has 0 saturated heterocycles. The summed E-state index contributed by atoms with van der Waals surface area (Å²) in [7, 11) is 1.61. The van der Waals surface area contributed by atoms with Gasteiger partial charge in [-0.2, -0.15) is 0 Å². The molecule has 0 atom stereocenters. The van der Waals surface area contributed by atoms with Gasteiger partial charge in [0.15, 0.2) is 0 Å². The third-order valence-electron chi connectivity index (χ3n) is 3.49. The predicted molar refractivity (Wildman–Crippen MR) is 105 cm³/mol. The zero-order valence-corrected chi connectivity index (χ0v) is 15.3. The van der Waals surface area contributed by atoms with E-state index >= 15 is 0 Å². The van der Waals surface area contributed by atoms with Crippen molar-refractivity contribution in [2.75, 3.05) is 17.7 Å². The number of rotatable bonds is 5. The normalized spacial score (nSPS) is 10.3. The number of carbonyl (C=O) groups excluding carboxylic acids is 1. The first-order valence-electron chi connectivity index (χ1n) is 7.68. The predicted octanol–water partition coefficient (Wildman–Crippen LogP) is 5.39. The van der Waals surface area contributed by atoms with Crippen LogP contribution in [0, 0.1) is 0 Å². The van der Waals surface area contributed by atoms with Crippen LogP contribution in [0.1, 0.15) is 10.4 Å². The van der Waals surface area contributed by atoms with E-state index in [9.17, 15) is 4.79 Å². The van der Waals surface area contributed by atoms with Gasteiger partial charge in [-0.1, -0.05) is 29.3 Å². The van der Waals surface area contributed by atoms with Crippen LogP contribution in [0.3, 0.4) is 0 Å². The van der Waals surface area contributed by atoms with Crippen molar-refractivity contribution >= 4 is 46.3 Å². The van der Waals surface area contributed by atoms with Gasteiger partial charge in [-0.25, -0.2) is 4.98 Å². The molecule has 0 spiro atoms. The number of halogens is 2. The summed E-state index contributed by atoms with van der Waals surface area (Å²) in [4.78, 5) is 16.6. The number of carbonyl (C=O) groups is 1. The Labute approximate surface area is 160 Å². The van der Waals surface area contributed by atoms with Gasteiger partial charge in [-0.3, -0.25) is 4.79 Å². The second-order valence-electron chi connectivity index (χ2n) is 5.40. The molecule has 0 aliphatic rings. The Morgan fingerprint density at radius 3 is 2.42 bits per heavy atom. The second-order valence-corrected chi connectivity index (χ2v) is 6.27. The highest BCUT2D eigenvalue weighted by atomic mass is 35.5. The van der Waals surface area contributed by atoms with Crippen LogP contribution in [0.25, 0.3) is 0 Å². The average Bonchev–Trinajstić information content (AvgIpc) is 2.61. The molecule has 1 aromatic heterocycles. The van der Waals surface area contributed by atoms with Crippen molar-refractivity contribution in [1.29, 1.82) is 0 Å². The van der Waals surface area contributed by atoms with Gasteiger partial charge in [0, 0.05) is 33.7 Å². The molecule has 0 saturated carbocycles. The van der Waals surface area contributed by atoms with Crippen molar-refractivity contribution in [1.82, 2.24) is 4.98 Å². The number of nitrogens with one attached hydrogen (secondary N) is 2. The van der Waals surface area contributed by atoms with Crippen LogP contribution in [0.15, 0.2) is 60.8 Å². The first kappa shape index (κ1) is 18.0. The molecule has 2 aromatic carbocycles. The molecule has 26 heavy (non-hydrogen) atoms. The molecule has 1 amide bonds. The lowest BCUT2D eigenvalue weighted by molar-refractivity contribution is 0.102. The molecule has 3 rings (SSSR count). The molecule has 0 aliphatic carbocycles. The third kappa shape index (κ3) is 4.65. The smallest absolute Gasteiger partial charge is 0.257 e. The molecule has 1 heterocycles. The number of hydrogen-bond acceptors (Lipinski definition) is 4. The van der Waals surface area contributed by atoms with E-state index in [4.69, 9.17) is 27.9 Å². The molecule has 2 N–H and O–H groups in total. The summed E-state index contributed by atoms with van der Waals surface area (Å²) in [5.74, 6) is 1.05. The van der Waals surface area contributed by atoms with Gasteiger partial charge < -0.3 is 15.4 Å². The Bertz CT molecular complexity index is 910. The van der Waals surface area contributed by atoms with Gasteiger partial charge in [0.25, 0.3) is 5.91 Å². The highest BCUT2D eigenvalue weighted by Gasteiger charge is 2.08. The lowest BCUT2D eigenvalue weighted by atomic mass is 10.2. The fourth-order valence-electron chi connectivity index (χ4n) is 2.28. The number of hydrogen-bond donors (Lipinski definition) is 2. The molecular weight excluding hydrogens is 373 g/mol. The van der Waals surface area contributed by atoms with Crippen molar-refractivity contribution in [2.24, 2.45) is 0 Å². The van der Waals surface area contributed by atoms with E-state index in [-0.39, 0.29) is 5.91 Å². The first-order valence-corrected chi connectivity index (χ1v) is 8.43. The number of amides is 1. The number of aromatic nitrogens is 1. The summed E-state index contributed by atoms with van der Waals surface area (Å²) in [5.41, 5.74) is 1.77. The van der Waals surface area contributed by atoms with Crippen LogP contribution in [0.2, 0.25) is 10.0 Å². The Kier molecular flexibility index (Phi) is 5.61. The minimum Gasteiger partial charge on any atom is -0.497 e. The number of benzene rings is 2. The van der Waals surface area contributed by atoms with Crippen LogP contribution in [0.5, 0.6) is 5.75 Å². The zero-order valence-electron chi connectivity index (χ0n) is 13.8. The van der Waals surface area contributed by atoms with Gasteiger partial charge in [0.05, 0.1) is 12.7 Å². The monoisotopic (exact) mass is 387 g/mol. The summed E-state index contributed by atoms with van der Waals surface area (Å²) < 4.78 is 5.18. The molecule has 0 unspecified atom stereocenters. The Morgan fingerprint density at radius 1 is 1.00 bits per heavy atom. The molecule has 3 aromatic rings. The fraction of sp³-hybridized carbons (Fsp3) is 0.0526. The zero-order chi connectivity index (χ0) is 18.5. The standard InChI is InChI=1S/C19H15Cl2N3O2/c1-26-17-4-2-3-15(10-17)23-18-6-5-12(11-22-18)19(25)24-16-8-13(20)7-14(21)9-16/h2-11H,1H3,(H,22,23)(H,24,25). The summed E-state index contributed by atoms with van der Waals surface area (Å²) in [6.45, 7) is 0. The maximum Gasteiger partial charge on any atom is 0.257 e. The minimum atomic E-state index is -0.302. The van der Waals surface area contributed by atoms with Gasteiger partial charge >= 0.3 is 0 Å². The van der Waals surface area contributed by atoms with Gasteiger partial charge in [-0.05, 0) is 42.5 Å². The maximum absolute atomic E-state index is 12.3. The van der Waals surface area contributed by atoms with Crippen molar-refractivity contribution < 1.29 is 9.53 Å². The molecular formula is C19H15Cl2N3O2. The molecule has 0 aliphatic heterocycles. The van der Waals surface area contributed by atoms with Crippen LogP contribution in [-0.2, 0) is 0 Å². The lowest BCUT2D eigenvalue weighted by Gasteiger charge is -2.09. The largest absolute Gasteiger partial charge is 0.497 e. The van der Waals surface area contributed by atoms with Crippen LogP contribution >= 0.6 is 23.2 Å². The number of ether oxygens (including phenoxy) is 1. The number of pyridine rings is 1. The Hall–Kier alpha value is -2.76. The van der Waals surface area contributed by atoms with E-state index in [1.165, 1.54) is 6.20 Å². The van der Waals surface area contributed by atoms with Crippen molar-refractivity contribution in [3.63, 3.8) is 0 Å². The van der Waals surface area contributed by atoms with E-state index < -0.39 is 0 Å². The Balaban J connectivity index is 1.69. The van der Waals surface area contributed by atoms with E-state index in [2.05, 4.69) is 15.6 Å². The number of anilines is 3. The molecule has 0 bridgehead atoms. The van der Waals surface area contributed by atoms with Crippen molar-refractivity contribution in [2.45, 2.75) is 0 Å². The van der Waals surface area contributed by atoms with Crippen LogP contribution in [-0.4, -0.2) is 18.0 Å². The van der Waals surface area contributed by atoms with Crippen LogP contribution in [0.4, 0.5) is 17.2 Å². The molecule has 7 heteroatoms. The lowest BCUT2D eigenvalue weighted by Crippen LogP contribution is -2.12. The summed E-state index contributed by atoms with van der Waals surface area (Å²) >= 11 is 11.9. The topological polar surface area (TPSA) is 63.2 Å². The first-order chi connectivity index (χ1) is 12.5. The molecule has 0 fully saturated rings. The summed E-state index contributed by atoms with van der Waals surface area (Å²) in [6.07, 6.45) is 1.49.